The molecular weight excluding hydrogens is 374 g/mol. The first-order chi connectivity index (χ1) is 12.4. The van der Waals surface area contributed by atoms with E-state index in [0.29, 0.717) is 0 Å². The average Bonchev–Trinajstić information content (AvgIpc) is 2.52. The van der Waals surface area contributed by atoms with Gasteiger partial charge in [0.2, 0.25) is 0 Å². The van der Waals surface area contributed by atoms with Crippen molar-refractivity contribution < 1.29 is 19.1 Å². The van der Waals surface area contributed by atoms with Gasteiger partial charge in [-0.05, 0) is 18.2 Å². The lowest BCUT2D eigenvalue weighted by Gasteiger charge is -2.07. The second kappa shape index (κ2) is 9.45. The molecule has 5 nitrogen and oxygen atoms in total. The van der Waals surface area contributed by atoms with Crippen molar-refractivity contribution in [2.75, 3.05) is 18.9 Å². The number of carbonyl (C=O) groups is 2. The predicted molar refractivity (Wildman–Crippen MR) is 114 cm³/mol. The molecule has 0 aliphatic rings. The minimum atomic E-state index is -1.51. The number of nitrogens with two attached hydrogens (primary N) is 1. The highest BCUT2D eigenvalue weighted by molar-refractivity contribution is 6.84. The Labute approximate surface area is 163 Å². The third-order valence-corrected chi connectivity index (χ3v) is 4.76. The summed E-state index contributed by atoms with van der Waals surface area (Å²) in [7, 11) is -3.02. The molecule has 7 heteroatoms. The van der Waals surface area contributed by atoms with Crippen LogP contribution >= 0.6 is 0 Å². The number of esters is 2. The van der Waals surface area contributed by atoms with Crippen molar-refractivity contribution in [1.29, 1.82) is 0 Å². The Hall–Kier alpha value is -2.49. The van der Waals surface area contributed by atoms with Crippen molar-refractivity contribution in [2.24, 2.45) is 0 Å². The summed E-state index contributed by atoms with van der Waals surface area (Å²) in [6.45, 7) is 12.6. The molecule has 0 heterocycles. The molecule has 1 aromatic rings. The van der Waals surface area contributed by atoms with Gasteiger partial charge in [-0.2, -0.15) is 0 Å². The van der Waals surface area contributed by atoms with Crippen LogP contribution in [0.4, 0.5) is 5.69 Å². The fraction of sp³-hybridized carbons (Fsp3) is 0.400. The van der Waals surface area contributed by atoms with Crippen LogP contribution in [0, 0.1) is 22.9 Å². The molecule has 0 spiro atoms. The molecule has 0 unspecified atom stereocenters. The van der Waals surface area contributed by atoms with Crippen LogP contribution in [0.3, 0.4) is 0 Å². The number of nitrogen functional groups attached to an aromatic ring is 1. The summed E-state index contributed by atoms with van der Waals surface area (Å²) >= 11 is 0. The van der Waals surface area contributed by atoms with E-state index in [2.05, 4.69) is 62.2 Å². The average molecular weight is 402 g/mol. The van der Waals surface area contributed by atoms with Gasteiger partial charge >= 0.3 is 11.9 Å². The SMILES string of the molecule is C[Si](C)(C)C#CCOC(=O)c1cc(N)cc(C(=O)OCC#C[Si](C)(C)C)c1. The van der Waals surface area contributed by atoms with Crippen molar-refractivity contribution in [3.63, 3.8) is 0 Å². The quantitative estimate of drug-likeness (QED) is 0.362. The first-order valence-corrected chi connectivity index (χ1v) is 15.6. The zero-order valence-electron chi connectivity index (χ0n) is 16.9. The topological polar surface area (TPSA) is 78.6 Å². The predicted octanol–water partition coefficient (Wildman–Crippen LogP) is 3.34. The highest BCUT2D eigenvalue weighted by Crippen LogP contribution is 2.14. The molecule has 0 bridgehead atoms. The lowest BCUT2D eigenvalue weighted by Crippen LogP contribution is -2.17. The van der Waals surface area contributed by atoms with Crippen molar-refractivity contribution >= 4 is 33.8 Å². The highest BCUT2D eigenvalue weighted by Gasteiger charge is 2.14. The number of hydrogen-bond acceptors (Lipinski definition) is 5. The van der Waals surface area contributed by atoms with Crippen molar-refractivity contribution in [3.05, 3.63) is 29.3 Å². The summed E-state index contributed by atoms with van der Waals surface area (Å²) in [5.41, 5.74) is 12.7. The summed E-state index contributed by atoms with van der Waals surface area (Å²) in [5.74, 6) is 4.55. The molecule has 0 fully saturated rings. The van der Waals surface area contributed by atoms with Gasteiger partial charge in [-0.1, -0.05) is 51.1 Å². The standard InChI is InChI=1S/C20H27NO4Si2/c1-26(2,3)11-7-9-24-19(22)16-13-17(15-18(21)14-16)20(23)25-10-8-12-27(4,5)6/h13-15H,9-10,21H2,1-6H3. The van der Waals surface area contributed by atoms with Crippen LogP contribution in [-0.4, -0.2) is 41.3 Å². The van der Waals surface area contributed by atoms with Crippen LogP contribution in [-0.2, 0) is 9.47 Å². The van der Waals surface area contributed by atoms with Crippen LogP contribution in [0.15, 0.2) is 18.2 Å². The third-order valence-electron chi connectivity index (χ3n) is 2.90. The Bertz CT molecular complexity index is 762. The number of anilines is 1. The Morgan fingerprint density at radius 1 is 0.815 bits per heavy atom. The van der Waals surface area contributed by atoms with Gasteiger partial charge in [-0.15, -0.1) is 11.1 Å². The van der Waals surface area contributed by atoms with Gasteiger partial charge in [0.05, 0.1) is 11.1 Å². The molecule has 1 aromatic carbocycles. The molecule has 0 aromatic heterocycles. The molecule has 0 saturated heterocycles. The minimum Gasteiger partial charge on any atom is -0.449 e. The van der Waals surface area contributed by atoms with Crippen LogP contribution in [0.5, 0.6) is 0 Å². The summed E-state index contributed by atoms with van der Waals surface area (Å²) in [5, 5.41) is 0. The Kier molecular flexibility index (Phi) is 7.89. The van der Waals surface area contributed by atoms with Crippen LogP contribution in [0.1, 0.15) is 20.7 Å². The smallest absolute Gasteiger partial charge is 0.339 e. The molecule has 0 amide bonds. The molecule has 0 saturated carbocycles. The largest absolute Gasteiger partial charge is 0.449 e. The monoisotopic (exact) mass is 401 g/mol. The Balaban J connectivity index is 2.77. The summed E-state index contributed by atoms with van der Waals surface area (Å²) in [4.78, 5) is 24.3. The number of rotatable bonds is 4. The molecule has 0 aliphatic heterocycles. The normalized spacial score (nSPS) is 10.7. The summed E-state index contributed by atoms with van der Waals surface area (Å²) in [6, 6.07) is 4.31. The highest BCUT2D eigenvalue weighted by atomic mass is 28.3. The van der Waals surface area contributed by atoms with Gasteiger partial charge < -0.3 is 15.2 Å². The summed E-state index contributed by atoms with van der Waals surface area (Å²) in [6.07, 6.45) is 0. The lowest BCUT2D eigenvalue weighted by molar-refractivity contribution is 0.0555. The molecule has 2 N–H and O–H groups in total. The Morgan fingerprint density at radius 2 is 1.19 bits per heavy atom. The maximum Gasteiger partial charge on any atom is 0.339 e. The third kappa shape index (κ3) is 9.69. The second-order valence-corrected chi connectivity index (χ2v) is 17.6. The molecule has 0 atom stereocenters. The molecular formula is C20H27NO4Si2. The maximum absolute atomic E-state index is 12.2. The lowest BCUT2D eigenvalue weighted by atomic mass is 10.1. The minimum absolute atomic E-state index is 0.00393. The zero-order valence-corrected chi connectivity index (χ0v) is 18.9. The van der Waals surface area contributed by atoms with Gasteiger partial charge in [0.1, 0.15) is 16.1 Å². The van der Waals surface area contributed by atoms with Gasteiger partial charge in [-0.25, -0.2) is 9.59 Å². The number of hydrogen-bond donors (Lipinski definition) is 1. The number of ether oxygens (including phenoxy) is 2. The molecule has 0 aliphatic carbocycles. The first kappa shape index (κ1) is 22.6. The van der Waals surface area contributed by atoms with E-state index in [1.165, 1.54) is 18.2 Å². The van der Waals surface area contributed by atoms with E-state index in [-0.39, 0.29) is 30.0 Å². The number of carbonyl (C=O) groups excluding carboxylic acids is 2. The van der Waals surface area contributed by atoms with Crippen molar-refractivity contribution in [3.8, 4) is 22.9 Å². The molecule has 27 heavy (non-hydrogen) atoms. The van der Waals surface area contributed by atoms with Crippen LogP contribution < -0.4 is 5.73 Å². The van der Waals surface area contributed by atoms with Gasteiger partial charge in [0.25, 0.3) is 0 Å². The molecule has 1 rings (SSSR count). The Morgan fingerprint density at radius 3 is 1.52 bits per heavy atom. The maximum atomic E-state index is 12.2. The van der Waals surface area contributed by atoms with Crippen LogP contribution in [0.25, 0.3) is 0 Å². The fourth-order valence-electron chi connectivity index (χ4n) is 1.86. The first-order valence-electron chi connectivity index (χ1n) is 8.62. The van der Waals surface area contributed by atoms with E-state index < -0.39 is 28.1 Å². The fourth-order valence-corrected chi connectivity index (χ4v) is 3.06. The second-order valence-electron chi connectivity index (χ2n) is 8.10. The van der Waals surface area contributed by atoms with E-state index in [9.17, 15) is 9.59 Å². The van der Waals surface area contributed by atoms with Gasteiger partial charge in [0.15, 0.2) is 13.2 Å². The van der Waals surface area contributed by atoms with E-state index in [1.54, 1.807) is 0 Å². The van der Waals surface area contributed by atoms with E-state index in [0.717, 1.165) is 0 Å². The van der Waals surface area contributed by atoms with E-state index >= 15 is 0 Å². The van der Waals surface area contributed by atoms with E-state index in [1.807, 2.05) is 0 Å². The summed E-state index contributed by atoms with van der Waals surface area (Å²) < 4.78 is 10.3. The van der Waals surface area contributed by atoms with Crippen molar-refractivity contribution in [1.82, 2.24) is 0 Å². The molecule has 0 radical (unpaired) electrons. The van der Waals surface area contributed by atoms with E-state index in [4.69, 9.17) is 15.2 Å². The van der Waals surface area contributed by atoms with Crippen molar-refractivity contribution in [2.45, 2.75) is 39.3 Å². The number of benzene rings is 1. The zero-order chi connectivity index (χ0) is 20.7. The van der Waals surface area contributed by atoms with Crippen LogP contribution in [0.2, 0.25) is 39.3 Å². The molecule has 144 valence electrons. The van der Waals surface area contributed by atoms with Gasteiger partial charge in [-0.3, -0.25) is 0 Å². The van der Waals surface area contributed by atoms with Gasteiger partial charge in [0, 0.05) is 5.69 Å².